The second-order valence-corrected chi connectivity index (χ2v) is 8.02. The average Bonchev–Trinajstić information content (AvgIpc) is 3.31. The van der Waals surface area contributed by atoms with Crippen molar-refractivity contribution in [3.8, 4) is 0 Å². The summed E-state index contributed by atoms with van der Waals surface area (Å²) in [6, 6.07) is 15.4. The van der Waals surface area contributed by atoms with Crippen molar-refractivity contribution in [3.63, 3.8) is 0 Å². The van der Waals surface area contributed by atoms with E-state index in [1.807, 2.05) is 30.3 Å². The molecule has 156 valence electrons. The molecule has 0 radical (unpaired) electrons. The summed E-state index contributed by atoms with van der Waals surface area (Å²) in [5.41, 5.74) is 1.44. The van der Waals surface area contributed by atoms with Crippen molar-refractivity contribution in [2.75, 3.05) is 19.6 Å². The number of carbonyl (C=O) groups is 1. The molecule has 5 rings (SSSR count). The third kappa shape index (κ3) is 3.20. The summed E-state index contributed by atoms with van der Waals surface area (Å²) >= 11 is 0. The number of rotatable bonds is 2. The predicted molar refractivity (Wildman–Crippen MR) is 116 cm³/mol. The van der Waals surface area contributed by atoms with Crippen molar-refractivity contribution >= 4 is 29.2 Å². The Bertz CT molecular complexity index is 1180. The van der Waals surface area contributed by atoms with Gasteiger partial charge in [-0.15, -0.1) is 12.4 Å². The highest BCUT2D eigenvalue weighted by Crippen LogP contribution is 2.43. The van der Waals surface area contributed by atoms with Gasteiger partial charge in [0.25, 0.3) is 11.5 Å². The Labute approximate surface area is 179 Å². The first kappa shape index (κ1) is 20.6. The standard InChI is InChI=1S/C23H22FN3O2.ClH/c1-26-20-8-3-2-5-14(20)10-18(22(26)28)23(29)27-13-16-11-25-12-19(16)21(27)15-6-4-7-17(24)9-15;/h2-10,16,19,21,25H,11-13H2,1H3;1H/t16-,19-,21-;/m0./s1. The lowest BCUT2D eigenvalue weighted by Crippen LogP contribution is -2.38. The van der Waals surface area contributed by atoms with Crippen LogP contribution in [0.4, 0.5) is 4.39 Å². The molecule has 0 unspecified atom stereocenters. The molecule has 0 aliphatic carbocycles. The number of nitrogens with zero attached hydrogens (tertiary/aromatic N) is 2. The lowest BCUT2D eigenvalue weighted by molar-refractivity contribution is 0.0711. The van der Waals surface area contributed by atoms with E-state index in [1.54, 1.807) is 24.1 Å². The molecule has 2 fully saturated rings. The number of pyridine rings is 1. The molecule has 1 amide bonds. The van der Waals surface area contributed by atoms with Crippen LogP contribution in [-0.4, -0.2) is 35.0 Å². The van der Waals surface area contributed by atoms with Gasteiger partial charge < -0.3 is 14.8 Å². The number of hydrogen-bond donors (Lipinski definition) is 1. The minimum absolute atomic E-state index is 0. The van der Waals surface area contributed by atoms with Crippen LogP contribution in [0.25, 0.3) is 10.9 Å². The third-order valence-electron chi connectivity index (χ3n) is 6.38. The summed E-state index contributed by atoms with van der Waals surface area (Å²) < 4.78 is 15.5. The van der Waals surface area contributed by atoms with Crippen LogP contribution < -0.4 is 10.9 Å². The monoisotopic (exact) mass is 427 g/mol. The van der Waals surface area contributed by atoms with E-state index in [4.69, 9.17) is 0 Å². The molecule has 0 spiro atoms. The first-order valence-corrected chi connectivity index (χ1v) is 9.90. The summed E-state index contributed by atoms with van der Waals surface area (Å²) in [5.74, 6) is -0.0764. The molecule has 2 aliphatic heterocycles. The fraction of sp³-hybridized carbons (Fsp3) is 0.304. The molecule has 0 bridgehead atoms. The van der Waals surface area contributed by atoms with E-state index in [9.17, 15) is 14.0 Å². The van der Waals surface area contributed by atoms with Crippen LogP contribution in [-0.2, 0) is 7.05 Å². The van der Waals surface area contributed by atoms with Gasteiger partial charge in [0.05, 0.1) is 11.6 Å². The number of amides is 1. The number of fused-ring (bicyclic) bond motifs is 2. The number of aromatic nitrogens is 1. The molecule has 0 saturated carbocycles. The zero-order valence-corrected chi connectivity index (χ0v) is 17.4. The number of carbonyl (C=O) groups excluding carboxylic acids is 1. The summed E-state index contributed by atoms with van der Waals surface area (Å²) in [6.07, 6.45) is 0. The predicted octanol–water partition coefficient (Wildman–Crippen LogP) is 3.13. The van der Waals surface area contributed by atoms with Crippen LogP contribution in [0.2, 0.25) is 0 Å². The van der Waals surface area contributed by atoms with Gasteiger partial charge in [0.1, 0.15) is 11.4 Å². The van der Waals surface area contributed by atoms with Gasteiger partial charge in [-0.1, -0.05) is 30.3 Å². The normalized spacial score (nSPS) is 22.7. The Morgan fingerprint density at radius 3 is 2.70 bits per heavy atom. The molecular formula is C23H23ClFN3O2. The lowest BCUT2D eigenvalue weighted by atomic mass is 9.89. The van der Waals surface area contributed by atoms with Crippen molar-refractivity contribution < 1.29 is 9.18 Å². The average molecular weight is 428 g/mol. The van der Waals surface area contributed by atoms with Crippen LogP contribution in [0.15, 0.2) is 59.4 Å². The Kier molecular flexibility index (Phi) is 5.38. The minimum Gasteiger partial charge on any atom is -0.331 e. The Morgan fingerprint density at radius 1 is 1.10 bits per heavy atom. The number of hydrogen-bond acceptors (Lipinski definition) is 3. The van der Waals surface area contributed by atoms with Gasteiger partial charge >= 0.3 is 0 Å². The number of para-hydroxylation sites is 1. The van der Waals surface area contributed by atoms with Gasteiger partial charge in [0.15, 0.2) is 0 Å². The van der Waals surface area contributed by atoms with Crippen LogP contribution in [0, 0.1) is 17.7 Å². The lowest BCUT2D eigenvalue weighted by Gasteiger charge is -2.28. The number of halogens is 2. The maximum Gasteiger partial charge on any atom is 0.263 e. The number of nitrogens with one attached hydrogen (secondary N) is 1. The maximum atomic E-state index is 13.9. The molecule has 2 aliphatic rings. The topological polar surface area (TPSA) is 54.3 Å². The van der Waals surface area contributed by atoms with E-state index in [0.29, 0.717) is 12.5 Å². The quantitative estimate of drug-likeness (QED) is 0.683. The zero-order valence-electron chi connectivity index (χ0n) is 16.5. The molecule has 1 N–H and O–H groups in total. The van der Waals surface area contributed by atoms with E-state index in [0.717, 1.165) is 29.6 Å². The first-order chi connectivity index (χ1) is 14.0. The van der Waals surface area contributed by atoms with E-state index >= 15 is 0 Å². The van der Waals surface area contributed by atoms with Gasteiger partial charge in [-0.3, -0.25) is 9.59 Å². The van der Waals surface area contributed by atoms with Crippen molar-refractivity contribution in [1.29, 1.82) is 0 Å². The van der Waals surface area contributed by atoms with Gasteiger partial charge in [-0.2, -0.15) is 0 Å². The van der Waals surface area contributed by atoms with Gasteiger partial charge in [0, 0.05) is 32.6 Å². The van der Waals surface area contributed by atoms with Crippen molar-refractivity contribution in [2.24, 2.45) is 18.9 Å². The maximum absolute atomic E-state index is 13.9. The van der Waals surface area contributed by atoms with Crippen LogP contribution in [0.1, 0.15) is 22.0 Å². The second-order valence-electron chi connectivity index (χ2n) is 8.02. The fourth-order valence-electron chi connectivity index (χ4n) is 4.98. The SMILES string of the molecule is Cl.Cn1c(=O)c(C(=O)N2C[C@@H]3CNC[C@@H]3[C@@H]2c2cccc(F)c2)cc2ccccc21. The van der Waals surface area contributed by atoms with Crippen LogP contribution in [0.3, 0.4) is 0 Å². The number of aryl methyl sites for hydroxylation is 1. The van der Waals surface area contributed by atoms with Crippen molar-refractivity contribution in [3.05, 3.63) is 81.9 Å². The Balaban J connectivity index is 0.00000218. The summed E-state index contributed by atoms with van der Waals surface area (Å²) in [7, 11) is 1.69. The summed E-state index contributed by atoms with van der Waals surface area (Å²) in [4.78, 5) is 28.3. The largest absolute Gasteiger partial charge is 0.331 e. The fourth-order valence-corrected chi connectivity index (χ4v) is 4.98. The van der Waals surface area contributed by atoms with Gasteiger partial charge in [-0.25, -0.2) is 4.39 Å². The smallest absolute Gasteiger partial charge is 0.263 e. The highest BCUT2D eigenvalue weighted by molar-refractivity contribution is 5.97. The molecule has 3 atom stereocenters. The molecule has 7 heteroatoms. The van der Waals surface area contributed by atoms with E-state index in [-0.39, 0.29) is 47.2 Å². The number of benzene rings is 2. The molecule has 3 heterocycles. The molecule has 3 aromatic rings. The number of likely N-dealkylation sites (tertiary alicyclic amines) is 1. The van der Waals surface area contributed by atoms with Gasteiger partial charge in [0.2, 0.25) is 0 Å². The zero-order chi connectivity index (χ0) is 20.1. The second kappa shape index (κ2) is 7.85. The van der Waals surface area contributed by atoms with E-state index < -0.39 is 0 Å². The van der Waals surface area contributed by atoms with Crippen molar-refractivity contribution in [2.45, 2.75) is 6.04 Å². The highest BCUT2D eigenvalue weighted by atomic mass is 35.5. The molecule has 2 saturated heterocycles. The Morgan fingerprint density at radius 2 is 1.90 bits per heavy atom. The van der Waals surface area contributed by atoms with Crippen LogP contribution in [0.5, 0.6) is 0 Å². The van der Waals surface area contributed by atoms with Crippen LogP contribution >= 0.6 is 12.4 Å². The molecule has 2 aromatic carbocycles. The first-order valence-electron chi connectivity index (χ1n) is 9.90. The van der Waals surface area contributed by atoms with Crippen molar-refractivity contribution in [1.82, 2.24) is 14.8 Å². The van der Waals surface area contributed by atoms with Gasteiger partial charge in [-0.05, 0) is 41.1 Å². The molecule has 30 heavy (non-hydrogen) atoms. The molecular weight excluding hydrogens is 405 g/mol. The van der Waals surface area contributed by atoms with E-state index in [2.05, 4.69) is 5.32 Å². The minimum atomic E-state index is -0.314. The third-order valence-corrected chi connectivity index (χ3v) is 6.38. The molecule has 1 aromatic heterocycles. The Hall–Kier alpha value is -2.70. The summed E-state index contributed by atoms with van der Waals surface area (Å²) in [6.45, 7) is 2.18. The summed E-state index contributed by atoms with van der Waals surface area (Å²) in [5, 5.41) is 4.23. The highest BCUT2D eigenvalue weighted by Gasteiger charge is 2.47. The van der Waals surface area contributed by atoms with E-state index in [1.165, 1.54) is 16.7 Å². The molecule has 5 nitrogen and oxygen atoms in total.